The molecule has 0 aliphatic rings. The number of imidazole rings is 1. The predicted molar refractivity (Wildman–Crippen MR) is 156 cm³/mol. The molecule has 0 saturated heterocycles. The number of alkyl halides is 1. The van der Waals surface area contributed by atoms with Crippen molar-refractivity contribution in [3.63, 3.8) is 0 Å². The van der Waals surface area contributed by atoms with Gasteiger partial charge in [0.15, 0.2) is 11.5 Å². The van der Waals surface area contributed by atoms with Gasteiger partial charge in [-0.15, -0.1) is 0 Å². The van der Waals surface area contributed by atoms with Crippen molar-refractivity contribution in [1.82, 2.24) is 9.55 Å². The van der Waals surface area contributed by atoms with Crippen molar-refractivity contribution < 1.29 is 28.6 Å². The maximum atomic E-state index is 13.3. The number of rotatable bonds is 12. The quantitative estimate of drug-likeness (QED) is 0.150. The minimum atomic E-state index is -2.05. The fourth-order valence-electron chi connectivity index (χ4n) is 4.12. The molecule has 4 unspecified atom stereocenters. The lowest BCUT2D eigenvalue weighted by Crippen LogP contribution is -2.27. The van der Waals surface area contributed by atoms with Crippen molar-refractivity contribution in [2.24, 2.45) is 11.8 Å². The molecule has 1 N–H and O–H groups in total. The molecule has 1 heterocycles. The number of thiol groups is 1. The van der Waals surface area contributed by atoms with Crippen molar-refractivity contribution in [1.29, 1.82) is 0 Å². The molecule has 2 aromatic carbocycles. The van der Waals surface area contributed by atoms with Crippen LogP contribution < -0.4 is 14.2 Å². The van der Waals surface area contributed by atoms with Crippen LogP contribution in [0.2, 0.25) is 0 Å². The van der Waals surface area contributed by atoms with Crippen LogP contribution in [0.5, 0.6) is 17.2 Å². The summed E-state index contributed by atoms with van der Waals surface area (Å²) in [5, 5.41) is 18.9. The van der Waals surface area contributed by atoms with E-state index in [1.807, 2.05) is 6.07 Å². The summed E-state index contributed by atoms with van der Waals surface area (Å²) in [4.78, 5) is 12.8. The molecule has 0 amide bonds. The molecule has 40 heavy (non-hydrogen) atoms. The second-order valence-electron chi connectivity index (χ2n) is 10.0. The van der Waals surface area contributed by atoms with Crippen LogP contribution in [0.15, 0.2) is 48.9 Å². The van der Waals surface area contributed by atoms with Crippen molar-refractivity contribution >= 4 is 18.4 Å². The Labute approximate surface area is 240 Å². The van der Waals surface area contributed by atoms with Crippen LogP contribution in [0.3, 0.4) is 0 Å². The number of nitrogens with zero attached hydrogens (tertiary/aromatic N) is 3. The lowest BCUT2D eigenvalue weighted by molar-refractivity contribution is -0.389. The highest BCUT2D eigenvalue weighted by Gasteiger charge is 2.27. The van der Waals surface area contributed by atoms with Gasteiger partial charge in [-0.2, -0.15) is 12.6 Å². The number of nitro groups is 1. The number of hydrogen-bond donors (Lipinski definition) is 2. The van der Waals surface area contributed by atoms with Crippen LogP contribution >= 0.6 is 12.6 Å². The van der Waals surface area contributed by atoms with E-state index < -0.39 is 23.1 Å². The SMILES string of the molecule is CC(F)(CO)n1cnc([N+](=O)[O-])c1.COc1ccc(CC(C)C(C)Cc2ccc(C(C)S)c(OC)c2)cc1OC. The number of aromatic nitrogens is 2. The summed E-state index contributed by atoms with van der Waals surface area (Å²) in [5.74, 6) is 1.07. The van der Waals surface area contributed by atoms with Gasteiger partial charge < -0.3 is 29.4 Å². The smallest absolute Gasteiger partial charge is 0.381 e. The highest BCUT2D eigenvalue weighted by molar-refractivity contribution is 7.80. The van der Waals surface area contributed by atoms with Crippen LogP contribution in [-0.2, 0) is 18.6 Å². The van der Waals surface area contributed by atoms with Gasteiger partial charge in [0.05, 0.1) is 27.9 Å². The van der Waals surface area contributed by atoms with Crippen LogP contribution in [-0.4, -0.2) is 47.5 Å². The Kier molecular flexibility index (Phi) is 12.3. The van der Waals surface area contributed by atoms with Crippen LogP contribution in [0.25, 0.3) is 0 Å². The predicted octanol–water partition coefficient (Wildman–Crippen LogP) is 6.19. The third-order valence-electron chi connectivity index (χ3n) is 6.87. The van der Waals surface area contributed by atoms with E-state index >= 15 is 0 Å². The van der Waals surface area contributed by atoms with Gasteiger partial charge in [-0.25, -0.2) is 4.39 Å². The van der Waals surface area contributed by atoms with Gasteiger partial charge >= 0.3 is 5.82 Å². The first kappa shape index (κ1) is 32.9. The zero-order chi connectivity index (χ0) is 30.0. The highest BCUT2D eigenvalue weighted by atomic mass is 32.1. The number of halogens is 1. The zero-order valence-corrected chi connectivity index (χ0v) is 25.0. The van der Waals surface area contributed by atoms with Gasteiger partial charge in [0.25, 0.3) is 0 Å². The molecule has 0 aliphatic heterocycles. The van der Waals surface area contributed by atoms with Crippen molar-refractivity contribution in [2.75, 3.05) is 27.9 Å². The van der Waals surface area contributed by atoms with E-state index in [9.17, 15) is 14.5 Å². The summed E-state index contributed by atoms with van der Waals surface area (Å²) in [7, 11) is 5.06. The van der Waals surface area contributed by atoms with E-state index in [0.717, 1.165) is 59.7 Å². The van der Waals surface area contributed by atoms with Gasteiger partial charge in [0.2, 0.25) is 12.1 Å². The molecule has 0 radical (unpaired) electrons. The molecule has 0 spiro atoms. The van der Waals surface area contributed by atoms with Gasteiger partial charge in [-0.3, -0.25) is 4.57 Å². The first-order valence-electron chi connectivity index (χ1n) is 12.9. The Morgan fingerprint density at radius 3 is 1.98 bits per heavy atom. The number of methoxy groups -OCH3 is 3. The maximum Gasteiger partial charge on any atom is 0.381 e. The second kappa shape index (κ2) is 14.9. The molecule has 0 fully saturated rings. The largest absolute Gasteiger partial charge is 0.496 e. The van der Waals surface area contributed by atoms with Crippen molar-refractivity contribution in [3.8, 4) is 17.2 Å². The van der Waals surface area contributed by atoms with Crippen molar-refractivity contribution in [3.05, 3.63) is 75.7 Å². The van der Waals surface area contributed by atoms with E-state index in [1.165, 1.54) is 11.1 Å². The van der Waals surface area contributed by atoms with E-state index in [4.69, 9.17) is 19.3 Å². The molecule has 0 saturated carbocycles. The molecule has 220 valence electrons. The molecule has 4 atom stereocenters. The fourth-order valence-corrected chi connectivity index (χ4v) is 4.34. The molecule has 9 nitrogen and oxygen atoms in total. The van der Waals surface area contributed by atoms with Gasteiger partial charge in [0, 0.05) is 10.8 Å². The number of hydrogen-bond acceptors (Lipinski definition) is 8. The van der Waals surface area contributed by atoms with Crippen LogP contribution in [0.4, 0.5) is 10.2 Å². The third-order valence-corrected chi connectivity index (χ3v) is 7.14. The van der Waals surface area contributed by atoms with Crippen LogP contribution in [0.1, 0.15) is 49.6 Å². The molecule has 3 rings (SSSR count). The molecule has 0 aliphatic carbocycles. The van der Waals surface area contributed by atoms with E-state index in [2.05, 4.69) is 68.7 Å². The normalized spacial score (nSPS) is 14.7. The maximum absolute atomic E-state index is 13.3. The summed E-state index contributed by atoms with van der Waals surface area (Å²) in [6, 6.07) is 12.7. The number of aliphatic hydroxyl groups excluding tert-OH is 1. The third kappa shape index (κ3) is 8.85. The first-order valence-corrected chi connectivity index (χ1v) is 13.4. The standard InChI is InChI=1S/C23H32O3S.C6H8FN3O3/c1-15(11-18-7-9-20(17(3)27)22(13-18)25-5)16(2)12-19-8-10-21(24-4)23(14-19)26-6;1-6(7,3-11)9-2-5(8-4-9)10(12)13/h7-10,13-17,27H,11-12H2,1-6H3;2,4,11H,3H2,1H3. The van der Waals surface area contributed by atoms with E-state index in [0.29, 0.717) is 11.8 Å². The van der Waals surface area contributed by atoms with E-state index in [-0.39, 0.29) is 5.25 Å². The Morgan fingerprint density at radius 2 is 1.52 bits per heavy atom. The number of ether oxygens (including phenoxy) is 3. The highest BCUT2D eigenvalue weighted by Crippen LogP contribution is 2.32. The lowest BCUT2D eigenvalue weighted by Gasteiger charge is -2.21. The summed E-state index contributed by atoms with van der Waals surface area (Å²) >= 11 is 4.53. The van der Waals surface area contributed by atoms with Crippen molar-refractivity contribution in [2.45, 2.75) is 51.6 Å². The fraction of sp³-hybridized carbons (Fsp3) is 0.483. The monoisotopic (exact) mass is 577 g/mol. The molecule has 11 heteroatoms. The number of aliphatic hydroxyl groups is 1. The van der Waals surface area contributed by atoms with Gasteiger partial charge in [-0.05, 0) is 77.8 Å². The Bertz CT molecular complexity index is 1250. The topological polar surface area (TPSA) is 109 Å². The first-order chi connectivity index (χ1) is 18.9. The lowest BCUT2D eigenvalue weighted by atomic mass is 9.85. The summed E-state index contributed by atoms with van der Waals surface area (Å²) in [6.07, 6.45) is 3.92. The molecule has 0 bridgehead atoms. The average molecular weight is 578 g/mol. The molecule has 1 aromatic heterocycles. The van der Waals surface area contributed by atoms with Gasteiger partial charge in [0.1, 0.15) is 11.9 Å². The van der Waals surface area contributed by atoms with Crippen LogP contribution in [0, 0.1) is 22.0 Å². The summed E-state index contributed by atoms with van der Waals surface area (Å²) in [6.45, 7) is 7.02. The Morgan fingerprint density at radius 1 is 1.00 bits per heavy atom. The minimum absolute atomic E-state index is 0.162. The summed E-state index contributed by atoms with van der Waals surface area (Å²) < 4.78 is 30.4. The Hall–Kier alpha value is -3.31. The second-order valence-corrected chi connectivity index (χ2v) is 10.8. The summed E-state index contributed by atoms with van der Waals surface area (Å²) in [5.41, 5.74) is 3.70. The zero-order valence-electron chi connectivity index (χ0n) is 24.1. The average Bonchev–Trinajstić information content (AvgIpc) is 3.45. The number of benzene rings is 2. The molecular weight excluding hydrogens is 537 g/mol. The van der Waals surface area contributed by atoms with Gasteiger partial charge in [-0.1, -0.05) is 32.0 Å². The molecule has 3 aromatic rings. The minimum Gasteiger partial charge on any atom is -0.496 e. The molecular formula is C29H40FN3O6S. The Balaban J connectivity index is 0.000000360. The van der Waals surface area contributed by atoms with E-state index in [1.54, 1.807) is 21.3 Å².